The van der Waals surface area contributed by atoms with Gasteiger partial charge in [0.25, 0.3) is 0 Å². The number of thiophene rings is 1. The molecule has 86 valence electrons. The fourth-order valence-corrected chi connectivity index (χ4v) is 3.00. The minimum absolute atomic E-state index is 0.690. The zero-order chi connectivity index (χ0) is 12.0. The van der Waals surface area contributed by atoms with Crippen molar-refractivity contribution in [1.82, 2.24) is 9.97 Å². The van der Waals surface area contributed by atoms with Crippen molar-refractivity contribution in [3.05, 3.63) is 39.7 Å². The lowest BCUT2D eigenvalue weighted by atomic mass is 10.3. The molecule has 2 nitrogen and oxygen atoms in total. The van der Waals surface area contributed by atoms with E-state index in [-0.39, 0.29) is 0 Å². The summed E-state index contributed by atoms with van der Waals surface area (Å²) in [4.78, 5) is 10.4. The smallest absolute Gasteiger partial charge is 0.148 e. The van der Waals surface area contributed by atoms with Crippen LogP contribution >= 0.6 is 22.9 Å². The van der Waals surface area contributed by atoms with Crippen molar-refractivity contribution >= 4 is 34.0 Å². The van der Waals surface area contributed by atoms with Crippen molar-refractivity contribution in [2.45, 2.75) is 13.8 Å². The van der Waals surface area contributed by atoms with Gasteiger partial charge in [-0.15, -0.1) is 11.3 Å². The summed E-state index contributed by atoms with van der Waals surface area (Å²) in [5.41, 5.74) is 3.13. The van der Waals surface area contributed by atoms with E-state index >= 15 is 0 Å². The van der Waals surface area contributed by atoms with Crippen molar-refractivity contribution in [3.63, 3.8) is 0 Å². The second-order valence-corrected chi connectivity index (χ2v) is 5.73. The SMILES string of the molecule is Cc1cc(-c2nc3c(Cl)cccc3[nH]2)sc1C. The molecule has 0 saturated heterocycles. The normalized spacial score (nSPS) is 11.2. The maximum Gasteiger partial charge on any atom is 0.148 e. The maximum atomic E-state index is 6.12. The molecule has 4 heteroatoms. The molecule has 0 fully saturated rings. The van der Waals surface area contributed by atoms with E-state index in [1.165, 1.54) is 10.4 Å². The molecule has 0 saturated carbocycles. The molecule has 2 aromatic heterocycles. The predicted molar refractivity (Wildman–Crippen MR) is 73.9 cm³/mol. The highest BCUT2D eigenvalue weighted by Crippen LogP contribution is 2.31. The Morgan fingerprint density at radius 3 is 2.76 bits per heavy atom. The lowest BCUT2D eigenvalue weighted by Gasteiger charge is -1.88. The van der Waals surface area contributed by atoms with E-state index in [4.69, 9.17) is 11.6 Å². The first-order valence-electron chi connectivity index (χ1n) is 5.37. The summed E-state index contributed by atoms with van der Waals surface area (Å²) in [7, 11) is 0. The molecule has 0 unspecified atom stereocenters. The van der Waals surface area contributed by atoms with Gasteiger partial charge in [0.1, 0.15) is 11.3 Å². The van der Waals surface area contributed by atoms with Crippen molar-refractivity contribution in [1.29, 1.82) is 0 Å². The molecule has 0 aliphatic carbocycles. The number of benzene rings is 1. The number of nitrogens with one attached hydrogen (secondary N) is 1. The summed E-state index contributed by atoms with van der Waals surface area (Å²) in [6.45, 7) is 4.24. The molecule has 17 heavy (non-hydrogen) atoms. The number of aryl methyl sites for hydroxylation is 2. The zero-order valence-electron chi connectivity index (χ0n) is 9.54. The molecule has 2 heterocycles. The predicted octanol–water partition coefficient (Wildman–Crippen LogP) is 4.56. The van der Waals surface area contributed by atoms with Crippen molar-refractivity contribution in [3.8, 4) is 10.7 Å². The largest absolute Gasteiger partial charge is 0.337 e. The van der Waals surface area contributed by atoms with Crippen LogP contribution in [0.5, 0.6) is 0 Å². The Balaban J connectivity index is 2.21. The number of rotatable bonds is 1. The molecule has 0 aliphatic heterocycles. The van der Waals surface area contributed by atoms with Gasteiger partial charge in [-0.25, -0.2) is 4.98 Å². The van der Waals surface area contributed by atoms with Gasteiger partial charge in [0.2, 0.25) is 0 Å². The number of fused-ring (bicyclic) bond motifs is 1. The highest BCUT2D eigenvalue weighted by molar-refractivity contribution is 7.15. The lowest BCUT2D eigenvalue weighted by molar-refractivity contribution is 1.35. The van der Waals surface area contributed by atoms with E-state index in [2.05, 4.69) is 29.9 Å². The molecule has 0 amide bonds. The first kappa shape index (κ1) is 10.8. The Bertz CT molecular complexity index is 677. The van der Waals surface area contributed by atoms with Gasteiger partial charge in [0, 0.05) is 4.88 Å². The van der Waals surface area contributed by atoms with Crippen LogP contribution in [-0.2, 0) is 0 Å². The number of imidazole rings is 1. The molecular formula is C13H11ClN2S. The summed E-state index contributed by atoms with van der Waals surface area (Å²) in [6, 6.07) is 7.94. The molecule has 0 radical (unpaired) electrons. The number of nitrogens with zero attached hydrogens (tertiary/aromatic N) is 1. The minimum atomic E-state index is 0.690. The van der Waals surface area contributed by atoms with Gasteiger partial charge in [-0.3, -0.25) is 0 Å². The summed E-state index contributed by atoms with van der Waals surface area (Å²) in [5, 5.41) is 0.690. The minimum Gasteiger partial charge on any atom is -0.337 e. The van der Waals surface area contributed by atoms with Crippen LogP contribution in [0.15, 0.2) is 24.3 Å². The average Bonchev–Trinajstić information content (AvgIpc) is 2.85. The summed E-state index contributed by atoms with van der Waals surface area (Å²) in [6.07, 6.45) is 0. The van der Waals surface area contributed by atoms with Crippen LogP contribution in [0.2, 0.25) is 5.02 Å². The fourth-order valence-electron chi connectivity index (χ4n) is 1.80. The number of hydrogen-bond acceptors (Lipinski definition) is 2. The highest BCUT2D eigenvalue weighted by Gasteiger charge is 2.10. The Hall–Kier alpha value is -1.32. The van der Waals surface area contributed by atoms with E-state index in [0.717, 1.165) is 21.7 Å². The Morgan fingerprint density at radius 2 is 2.12 bits per heavy atom. The number of halogens is 1. The third-order valence-electron chi connectivity index (χ3n) is 2.86. The second-order valence-electron chi connectivity index (χ2n) is 4.07. The summed E-state index contributed by atoms with van der Waals surface area (Å²) >= 11 is 7.87. The number of hydrogen-bond donors (Lipinski definition) is 1. The summed E-state index contributed by atoms with van der Waals surface area (Å²) in [5.74, 6) is 0.898. The summed E-state index contributed by atoms with van der Waals surface area (Å²) < 4.78 is 0. The fraction of sp³-hybridized carbons (Fsp3) is 0.154. The lowest BCUT2D eigenvalue weighted by Crippen LogP contribution is -1.73. The molecule has 0 aliphatic rings. The van der Waals surface area contributed by atoms with Crippen LogP contribution in [0, 0.1) is 13.8 Å². The van der Waals surface area contributed by atoms with Crippen LogP contribution in [-0.4, -0.2) is 9.97 Å². The van der Waals surface area contributed by atoms with E-state index in [9.17, 15) is 0 Å². The van der Waals surface area contributed by atoms with Gasteiger partial charge in [-0.2, -0.15) is 0 Å². The second kappa shape index (κ2) is 3.86. The highest BCUT2D eigenvalue weighted by atomic mass is 35.5. The van der Waals surface area contributed by atoms with Crippen LogP contribution in [0.3, 0.4) is 0 Å². The monoisotopic (exact) mass is 262 g/mol. The topological polar surface area (TPSA) is 28.7 Å². The molecule has 0 bridgehead atoms. The van der Waals surface area contributed by atoms with E-state index < -0.39 is 0 Å². The van der Waals surface area contributed by atoms with E-state index in [0.29, 0.717) is 5.02 Å². The Labute approximate surface area is 108 Å². The molecular weight excluding hydrogens is 252 g/mol. The Morgan fingerprint density at radius 1 is 1.29 bits per heavy atom. The quantitative estimate of drug-likeness (QED) is 0.684. The van der Waals surface area contributed by atoms with E-state index in [1.54, 1.807) is 11.3 Å². The number of aromatic amines is 1. The van der Waals surface area contributed by atoms with Gasteiger partial charge < -0.3 is 4.98 Å². The first-order chi connectivity index (χ1) is 8.15. The number of para-hydroxylation sites is 1. The van der Waals surface area contributed by atoms with Gasteiger partial charge >= 0.3 is 0 Å². The third kappa shape index (κ3) is 1.75. The maximum absolute atomic E-state index is 6.12. The van der Waals surface area contributed by atoms with Crippen molar-refractivity contribution in [2.24, 2.45) is 0 Å². The molecule has 3 aromatic rings. The third-order valence-corrected chi connectivity index (χ3v) is 4.33. The Kier molecular flexibility index (Phi) is 2.45. The van der Waals surface area contributed by atoms with Gasteiger partial charge in [-0.05, 0) is 37.6 Å². The van der Waals surface area contributed by atoms with E-state index in [1.807, 2.05) is 18.2 Å². The first-order valence-corrected chi connectivity index (χ1v) is 6.56. The van der Waals surface area contributed by atoms with Crippen molar-refractivity contribution in [2.75, 3.05) is 0 Å². The number of H-pyrrole nitrogens is 1. The molecule has 1 aromatic carbocycles. The standard InChI is InChI=1S/C13H11ClN2S/c1-7-6-11(17-8(7)2)13-15-10-5-3-4-9(14)12(10)16-13/h3-6H,1-2H3,(H,15,16). The molecule has 0 spiro atoms. The van der Waals surface area contributed by atoms with Crippen LogP contribution in [0.4, 0.5) is 0 Å². The molecule has 0 atom stereocenters. The molecule has 1 N–H and O–H groups in total. The molecule has 3 rings (SSSR count). The van der Waals surface area contributed by atoms with Crippen LogP contribution in [0.1, 0.15) is 10.4 Å². The number of aromatic nitrogens is 2. The zero-order valence-corrected chi connectivity index (χ0v) is 11.1. The van der Waals surface area contributed by atoms with Crippen LogP contribution < -0.4 is 0 Å². The average molecular weight is 263 g/mol. The van der Waals surface area contributed by atoms with Crippen molar-refractivity contribution < 1.29 is 0 Å². The van der Waals surface area contributed by atoms with Gasteiger partial charge in [-0.1, -0.05) is 17.7 Å². The van der Waals surface area contributed by atoms with Gasteiger partial charge in [0.15, 0.2) is 0 Å². The van der Waals surface area contributed by atoms with Crippen LogP contribution in [0.25, 0.3) is 21.7 Å². The van der Waals surface area contributed by atoms with Gasteiger partial charge in [0.05, 0.1) is 15.4 Å².